The summed E-state index contributed by atoms with van der Waals surface area (Å²) in [6, 6.07) is 6.28. The van der Waals surface area contributed by atoms with Gasteiger partial charge in [-0.15, -0.1) is 0 Å². The minimum Gasteiger partial charge on any atom is -0.467 e. The molecule has 200 valence electrons. The number of benzene rings is 1. The first-order valence-electron chi connectivity index (χ1n) is 13.2. The van der Waals surface area contributed by atoms with E-state index in [2.05, 4.69) is 40.0 Å². The predicted molar refractivity (Wildman–Crippen MR) is 147 cm³/mol. The summed E-state index contributed by atoms with van der Waals surface area (Å²) in [5.41, 5.74) is 4.46. The second-order valence-corrected chi connectivity index (χ2v) is 10.7. The van der Waals surface area contributed by atoms with Crippen molar-refractivity contribution in [3.05, 3.63) is 47.8 Å². The lowest BCUT2D eigenvalue weighted by Gasteiger charge is -2.31. The van der Waals surface area contributed by atoms with Gasteiger partial charge < -0.3 is 19.3 Å². The van der Waals surface area contributed by atoms with Crippen LogP contribution in [-0.2, 0) is 20.7 Å². The zero-order valence-electron chi connectivity index (χ0n) is 21.9. The first-order valence-corrected chi connectivity index (χ1v) is 14.0. The Hall–Kier alpha value is -3.53. The van der Waals surface area contributed by atoms with Crippen molar-refractivity contribution < 1.29 is 19.1 Å². The van der Waals surface area contributed by atoms with Crippen LogP contribution in [0.3, 0.4) is 0 Å². The van der Waals surface area contributed by atoms with Gasteiger partial charge in [0.1, 0.15) is 6.10 Å². The van der Waals surface area contributed by atoms with E-state index in [0.717, 1.165) is 66.9 Å². The molecule has 0 spiro atoms. The molecule has 1 amide bonds. The highest BCUT2D eigenvalue weighted by molar-refractivity contribution is 7.20. The number of aryl methyl sites for hydroxylation is 1. The summed E-state index contributed by atoms with van der Waals surface area (Å²) in [5, 5.41) is 0.704. The molecule has 1 fully saturated rings. The molecule has 0 atom stereocenters. The molecule has 0 radical (unpaired) electrons. The van der Waals surface area contributed by atoms with E-state index in [1.165, 1.54) is 18.1 Å². The fraction of sp³-hybridized carbons (Fsp3) is 0.464. The monoisotopic (exact) mass is 535 g/mol. The molecular weight excluding hydrogens is 502 g/mol. The van der Waals surface area contributed by atoms with Crippen LogP contribution in [0.1, 0.15) is 50.7 Å². The summed E-state index contributed by atoms with van der Waals surface area (Å²) in [6.07, 6.45) is 10.7. The van der Waals surface area contributed by atoms with Gasteiger partial charge in [-0.05, 0) is 41.7 Å². The average molecular weight is 536 g/mol. The number of amides is 1. The molecule has 0 unspecified atom stereocenters. The molecule has 4 heterocycles. The van der Waals surface area contributed by atoms with Gasteiger partial charge in [-0.3, -0.25) is 9.59 Å². The van der Waals surface area contributed by atoms with Crippen LogP contribution in [0.4, 0.5) is 5.95 Å². The van der Waals surface area contributed by atoms with Crippen molar-refractivity contribution in [1.82, 2.24) is 19.9 Å². The van der Waals surface area contributed by atoms with Crippen molar-refractivity contribution in [2.24, 2.45) is 0 Å². The van der Waals surface area contributed by atoms with Gasteiger partial charge in [0.25, 0.3) is 11.1 Å². The van der Waals surface area contributed by atoms with Crippen LogP contribution < -0.4 is 9.64 Å². The predicted octanol–water partition coefficient (Wildman–Crippen LogP) is 4.27. The van der Waals surface area contributed by atoms with Crippen LogP contribution in [0, 0.1) is 0 Å². The number of fused-ring (bicyclic) bond motifs is 1. The molecule has 0 N–H and O–H groups in total. The van der Waals surface area contributed by atoms with Crippen molar-refractivity contribution >= 4 is 45.0 Å². The number of piperidine rings is 1. The van der Waals surface area contributed by atoms with Crippen LogP contribution in [0.15, 0.2) is 36.7 Å². The second kappa shape index (κ2) is 11.9. The molecule has 0 bridgehead atoms. The lowest BCUT2D eigenvalue weighted by molar-refractivity contribution is -0.150. The SMILES string of the molecule is CCCc1cnc(N2CCC(Oc3nc4ccc(C5=CCN(C(=O)COC(C)=O)CC5)cc4s3)CC2)nc1. The maximum Gasteiger partial charge on any atom is 0.303 e. The number of carbonyl (C=O) groups excluding carboxylic acids is 2. The molecule has 2 aliphatic rings. The van der Waals surface area contributed by atoms with Crippen molar-refractivity contribution in [1.29, 1.82) is 0 Å². The topological polar surface area (TPSA) is 97.8 Å². The van der Waals surface area contributed by atoms with Crippen molar-refractivity contribution in [2.45, 2.75) is 52.1 Å². The number of aromatic nitrogens is 3. The highest BCUT2D eigenvalue weighted by Gasteiger charge is 2.24. The van der Waals surface area contributed by atoms with Gasteiger partial charge in [0.05, 0.1) is 10.2 Å². The third-order valence-corrected chi connectivity index (χ3v) is 7.83. The van der Waals surface area contributed by atoms with Gasteiger partial charge >= 0.3 is 5.97 Å². The number of anilines is 1. The maximum absolute atomic E-state index is 12.2. The number of rotatable bonds is 8. The van der Waals surface area contributed by atoms with E-state index < -0.39 is 5.97 Å². The average Bonchev–Trinajstić information content (AvgIpc) is 3.34. The largest absolute Gasteiger partial charge is 0.467 e. The molecule has 38 heavy (non-hydrogen) atoms. The highest BCUT2D eigenvalue weighted by Crippen LogP contribution is 2.33. The quantitative estimate of drug-likeness (QED) is 0.395. The Labute approximate surface area is 226 Å². The van der Waals surface area contributed by atoms with Gasteiger partial charge in [0.2, 0.25) is 5.95 Å². The minimum atomic E-state index is -0.444. The van der Waals surface area contributed by atoms with Crippen molar-refractivity contribution in [2.75, 3.05) is 37.7 Å². The number of hydrogen-bond donors (Lipinski definition) is 0. The zero-order chi connectivity index (χ0) is 26.5. The summed E-state index contributed by atoms with van der Waals surface area (Å²) in [7, 11) is 0. The van der Waals surface area contributed by atoms with Crippen molar-refractivity contribution in [3.8, 4) is 5.19 Å². The molecule has 5 rings (SSSR count). The Morgan fingerprint density at radius 3 is 2.61 bits per heavy atom. The molecule has 2 aliphatic heterocycles. The molecule has 1 saturated heterocycles. The number of carbonyl (C=O) groups is 2. The van der Waals surface area contributed by atoms with E-state index in [0.29, 0.717) is 18.3 Å². The third-order valence-electron chi connectivity index (χ3n) is 6.92. The Morgan fingerprint density at radius 1 is 1.13 bits per heavy atom. The van der Waals surface area contributed by atoms with E-state index in [-0.39, 0.29) is 18.6 Å². The summed E-state index contributed by atoms with van der Waals surface area (Å²) < 4.78 is 12.2. The summed E-state index contributed by atoms with van der Waals surface area (Å²) in [5.74, 6) is 0.184. The lowest BCUT2D eigenvalue weighted by atomic mass is 9.99. The summed E-state index contributed by atoms with van der Waals surface area (Å²) in [6.45, 7) is 6.10. The third kappa shape index (κ3) is 6.30. The number of esters is 1. The van der Waals surface area contributed by atoms with E-state index in [4.69, 9.17) is 14.5 Å². The smallest absolute Gasteiger partial charge is 0.303 e. The number of thiazole rings is 1. The Bertz CT molecular complexity index is 1310. The molecule has 0 saturated carbocycles. The Kier molecular flexibility index (Phi) is 8.17. The molecule has 10 heteroatoms. The second-order valence-electron chi connectivity index (χ2n) is 9.71. The fourth-order valence-corrected chi connectivity index (χ4v) is 5.73. The molecular formula is C28H33N5O4S. The molecule has 0 aliphatic carbocycles. The standard InChI is InChI=1S/C28H33N5O4S/c1-3-4-20-16-29-27(30-17-20)33-13-9-23(10-14-33)37-28-31-24-6-5-22(15-25(24)38-28)21-7-11-32(12-8-21)26(35)18-36-19(2)34/h5-7,15-17,23H,3-4,8-14,18H2,1-2H3. The molecule has 1 aromatic carbocycles. The van der Waals surface area contributed by atoms with E-state index in [1.54, 1.807) is 16.2 Å². The summed E-state index contributed by atoms with van der Waals surface area (Å²) >= 11 is 1.58. The van der Waals surface area contributed by atoms with Gasteiger partial charge in [0, 0.05) is 58.3 Å². The van der Waals surface area contributed by atoms with Gasteiger partial charge in [-0.1, -0.05) is 36.8 Å². The van der Waals surface area contributed by atoms with Crippen molar-refractivity contribution in [3.63, 3.8) is 0 Å². The number of ether oxygens (including phenoxy) is 2. The van der Waals surface area contributed by atoms with Crippen LogP contribution in [0.2, 0.25) is 0 Å². The van der Waals surface area contributed by atoms with Crippen LogP contribution in [-0.4, -0.2) is 70.6 Å². The minimum absolute atomic E-state index is 0.127. The van der Waals surface area contributed by atoms with Gasteiger partial charge in [-0.25, -0.2) is 15.0 Å². The molecule has 9 nitrogen and oxygen atoms in total. The highest BCUT2D eigenvalue weighted by atomic mass is 32.1. The fourth-order valence-electron chi connectivity index (χ4n) is 4.81. The Balaban J connectivity index is 1.16. The first kappa shape index (κ1) is 26.1. The van der Waals surface area contributed by atoms with Gasteiger partial charge in [-0.2, -0.15) is 0 Å². The van der Waals surface area contributed by atoms with E-state index in [1.807, 2.05) is 18.5 Å². The van der Waals surface area contributed by atoms with E-state index in [9.17, 15) is 9.59 Å². The molecule has 3 aromatic rings. The van der Waals surface area contributed by atoms with Crippen LogP contribution in [0.25, 0.3) is 15.8 Å². The number of hydrogen-bond acceptors (Lipinski definition) is 9. The zero-order valence-corrected chi connectivity index (χ0v) is 22.7. The summed E-state index contributed by atoms with van der Waals surface area (Å²) in [4.78, 5) is 40.9. The maximum atomic E-state index is 12.2. The number of nitrogens with zero attached hydrogens (tertiary/aromatic N) is 5. The normalized spacial score (nSPS) is 16.4. The lowest BCUT2D eigenvalue weighted by Crippen LogP contribution is -2.39. The van der Waals surface area contributed by atoms with Crippen LogP contribution >= 0.6 is 11.3 Å². The molecule has 2 aromatic heterocycles. The van der Waals surface area contributed by atoms with Crippen LogP contribution in [0.5, 0.6) is 5.19 Å². The Morgan fingerprint density at radius 2 is 1.92 bits per heavy atom. The first-order chi connectivity index (χ1) is 18.5. The van der Waals surface area contributed by atoms with Gasteiger partial charge in [0.15, 0.2) is 6.61 Å². The van der Waals surface area contributed by atoms with E-state index >= 15 is 0 Å².